The fraction of sp³-hybridized carbons (Fsp3) is 0.280. The highest BCUT2D eigenvalue weighted by atomic mass is 16.5. The Labute approximate surface area is 196 Å². The van der Waals surface area contributed by atoms with Gasteiger partial charge >= 0.3 is 11.9 Å². The first-order valence-corrected chi connectivity index (χ1v) is 10.6. The molecule has 3 aromatic rings. The summed E-state index contributed by atoms with van der Waals surface area (Å²) in [5.41, 5.74) is 0.409. The van der Waals surface area contributed by atoms with Gasteiger partial charge in [0.1, 0.15) is 23.7 Å². The van der Waals surface area contributed by atoms with Crippen LogP contribution in [0.25, 0.3) is 11.1 Å². The number of carboxylic acid groups (broad SMARTS) is 2. The molecule has 1 heterocycles. The number of carbonyl (C=O) groups excluding carboxylic acids is 1. The lowest BCUT2D eigenvalue weighted by atomic mass is 9.96. The molecule has 0 radical (unpaired) electrons. The lowest BCUT2D eigenvalue weighted by Gasteiger charge is -2.16. The molecular formula is C25H26N2O7. The van der Waals surface area contributed by atoms with Crippen molar-refractivity contribution in [3.8, 4) is 11.1 Å². The van der Waals surface area contributed by atoms with Gasteiger partial charge in [-0.3, -0.25) is 4.79 Å². The summed E-state index contributed by atoms with van der Waals surface area (Å²) >= 11 is 0. The summed E-state index contributed by atoms with van der Waals surface area (Å²) in [6.45, 7) is 5.41. The number of benzene rings is 2. The van der Waals surface area contributed by atoms with Crippen LogP contribution >= 0.6 is 0 Å². The molecule has 9 heteroatoms. The van der Waals surface area contributed by atoms with Crippen LogP contribution in [0.4, 0.5) is 0 Å². The zero-order chi connectivity index (χ0) is 25.0. The lowest BCUT2D eigenvalue weighted by molar-refractivity contribution is -0.131. The number of hydrogen-bond donors (Lipinski definition) is 3. The van der Waals surface area contributed by atoms with Gasteiger partial charge in [-0.2, -0.15) is 0 Å². The number of nitrogens with zero attached hydrogens (tertiary/aromatic N) is 2. The van der Waals surface area contributed by atoms with E-state index in [1.807, 2.05) is 6.92 Å². The van der Waals surface area contributed by atoms with Gasteiger partial charge in [0.15, 0.2) is 5.69 Å². The molecule has 178 valence electrons. The number of imidazole rings is 1. The van der Waals surface area contributed by atoms with E-state index in [1.54, 1.807) is 42.5 Å². The topological polar surface area (TPSA) is 139 Å². The minimum atomic E-state index is -1.53. The number of Topliss-reactive ketones (excluding diaryl/α,β-unsaturated/α-hetero) is 1. The monoisotopic (exact) mass is 466 g/mol. The first-order chi connectivity index (χ1) is 16.0. The Kier molecular flexibility index (Phi) is 7.29. The van der Waals surface area contributed by atoms with Crippen LogP contribution in [0.5, 0.6) is 0 Å². The van der Waals surface area contributed by atoms with Crippen molar-refractivity contribution in [2.75, 3.05) is 6.61 Å². The third-order valence-electron chi connectivity index (χ3n) is 5.24. The van der Waals surface area contributed by atoms with Gasteiger partial charge in [-0.15, -0.1) is 0 Å². The first-order valence-electron chi connectivity index (χ1n) is 10.6. The second-order valence-corrected chi connectivity index (χ2v) is 8.19. The predicted octanol–water partition coefficient (Wildman–Crippen LogP) is 3.33. The van der Waals surface area contributed by atoms with Crippen molar-refractivity contribution in [2.45, 2.75) is 39.5 Å². The van der Waals surface area contributed by atoms with Crippen molar-refractivity contribution < 1.29 is 34.4 Å². The van der Waals surface area contributed by atoms with Crippen LogP contribution in [-0.4, -0.2) is 49.2 Å². The molecule has 2 aromatic carbocycles. The third-order valence-corrected chi connectivity index (χ3v) is 5.24. The van der Waals surface area contributed by atoms with Gasteiger partial charge < -0.3 is 24.6 Å². The van der Waals surface area contributed by atoms with Crippen molar-refractivity contribution in [3.63, 3.8) is 0 Å². The Hall–Kier alpha value is -3.82. The Morgan fingerprint density at radius 2 is 1.68 bits per heavy atom. The van der Waals surface area contributed by atoms with Gasteiger partial charge in [-0.05, 0) is 37.5 Å². The fourth-order valence-electron chi connectivity index (χ4n) is 3.64. The molecule has 3 rings (SSSR count). The Balaban J connectivity index is 2.01. The highest BCUT2D eigenvalue weighted by molar-refractivity contribution is 6.41. The van der Waals surface area contributed by atoms with E-state index in [1.165, 1.54) is 24.5 Å². The number of aromatic carboxylic acids is 1. The van der Waals surface area contributed by atoms with E-state index in [4.69, 9.17) is 9.84 Å². The molecule has 0 saturated carbocycles. The Morgan fingerprint density at radius 1 is 1.03 bits per heavy atom. The summed E-state index contributed by atoms with van der Waals surface area (Å²) in [6, 6.07) is 13.4. The number of rotatable bonds is 10. The molecular weight excluding hydrogens is 440 g/mol. The van der Waals surface area contributed by atoms with Crippen LogP contribution in [0.1, 0.15) is 58.7 Å². The maximum absolute atomic E-state index is 12.1. The molecule has 34 heavy (non-hydrogen) atoms. The third kappa shape index (κ3) is 5.22. The number of carbonyl (C=O) groups is 3. The number of aliphatic carboxylic acids is 1. The van der Waals surface area contributed by atoms with Gasteiger partial charge in [-0.1, -0.05) is 48.5 Å². The fourth-order valence-corrected chi connectivity index (χ4v) is 3.64. The van der Waals surface area contributed by atoms with E-state index in [2.05, 4.69) is 4.98 Å². The summed E-state index contributed by atoms with van der Waals surface area (Å²) in [5.74, 6) is -3.37. The van der Waals surface area contributed by atoms with Crippen LogP contribution in [0.15, 0.2) is 48.5 Å². The predicted molar refractivity (Wildman–Crippen MR) is 123 cm³/mol. The summed E-state index contributed by atoms with van der Waals surface area (Å²) in [7, 11) is 0. The quantitative estimate of drug-likeness (QED) is 0.305. The molecule has 0 spiro atoms. The highest BCUT2D eigenvalue weighted by Gasteiger charge is 2.31. The molecule has 0 bridgehead atoms. The zero-order valence-electron chi connectivity index (χ0n) is 19.1. The molecule has 0 amide bonds. The van der Waals surface area contributed by atoms with Gasteiger partial charge in [0.05, 0.1) is 0 Å². The number of aliphatic hydroxyl groups is 1. The van der Waals surface area contributed by atoms with E-state index in [0.717, 1.165) is 5.56 Å². The molecule has 0 aliphatic rings. The molecule has 0 fully saturated rings. The second-order valence-electron chi connectivity index (χ2n) is 8.19. The first kappa shape index (κ1) is 24.8. The van der Waals surface area contributed by atoms with Gasteiger partial charge in [0.25, 0.3) is 5.78 Å². The number of ether oxygens (including phenoxy) is 1. The van der Waals surface area contributed by atoms with Crippen molar-refractivity contribution in [1.29, 1.82) is 0 Å². The van der Waals surface area contributed by atoms with E-state index >= 15 is 0 Å². The van der Waals surface area contributed by atoms with Gasteiger partial charge in [0.2, 0.25) is 0 Å². The van der Waals surface area contributed by atoms with Crippen LogP contribution in [0, 0.1) is 0 Å². The van der Waals surface area contributed by atoms with Gasteiger partial charge in [-0.25, -0.2) is 14.6 Å². The number of ketones is 1. The second kappa shape index (κ2) is 9.98. The number of carboxylic acids is 2. The Morgan fingerprint density at radius 3 is 2.24 bits per heavy atom. The minimum Gasteiger partial charge on any atom is -0.477 e. The molecule has 3 N–H and O–H groups in total. The molecule has 0 atom stereocenters. The number of aromatic nitrogens is 2. The lowest BCUT2D eigenvalue weighted by Crippen LogP contribution is -2.22. The van der Waals surface area contributed by atoms with E-state index in [0.29, 0.717) is 23.6 Å². The smallest absolute Gasteiger partial charge is 0.377 e. The van der Waals surface area contributed by atoms with Gasteiger partial charge in [0, 0.05) is 18.7 Å². The molecule has 0 saturated heterocycles. The largest absolute Gasteiger partial charge is 0.477 e. The average Bonchev–Trinajstić information content (AvgIpc) is 3.16. The maximum atomic E-state index is 12.1. The molecule has 0 unspecified atom stereocenters. The average molecular weight is 466 g/mol. The number of hydrogen-bond acceptors (Lipinski definition) is 6. The minimum absolute atomic E-state index is 0.0485. The zero-order valence-corrected chi connectivity index (χ0v) is 19.1. The Bertz CT molecular complexity index is 1220. The van der Waals surface area contributed by atoms with Crippen molar-refractivity contribution in [1.82, 2.24) is 9.55 Å². The molecule has 0 aliphatic carbocycles. The van der Waals surface area contributed by atoms with Crippen LogP contribution in [-0.2, 0) is 28.3 Å². The van der Waals surface area contributed by atoms with Crippen LogP contribution in [0.3, 0.4) is 0 Å². The highest BCUT2D eigenvalue weighted by Crippen LogP contribution is 2.28. The van der Waals surface area contributed by atoms with E-state index in [-0.39, 0.29) is 30.1 Å². The summed E-state index contributed by atoms with van der Waals surface area (Å²) in [6.07, 6.45) is 0. The maximum Gasteiger partial charge on any atom is 0.377 e. The summed E-state index contributed by atoms with van der Waals surface area (Å²) in [5, 5.41) is 29.4. The summed E-state index contributed by atoms with van der Waals surface area (Å²) < 4.78 is 6.95. The summed E-state index contributed by atoms with van der Waals surface area (Å²) in [4.78, 5) is 39.7. The van der Waals surface area contributed by atoms with Crippen molar-refractivity contribution in [3.05, 3.63) is 76.9 Å². The van der Waals surface area contributed by atoms with Crippen molar-refractivity contribution in [2.24, 2.45) is 0 Å². The van der Waals surface area contributed by atoms with E-state index < -0.39 is 23.3 Å². The molecule has 0 aliphatic heterocycles. The van der Waals surface area contributed by atoms with E-state index in [9.17, 15) is 24.6 Å². The van der Waals surface area contributed by atoms with Crippen molar-refractivity contribution >= 4 is 17.7 Å². The standard InChI is InChI=1S/C25H26N2O7/c1-4-34-14-19-26-22(25(2,3)33)20(23(29)30)27(19)13-15-9-11-16(12-10-15)17-7-5-6-8-18(17)21(28)24(31)32/h5-12,33H,4,13-14H2,1-3H3,(H,29,30)(H,31,32). The van der Waals surface area contributed by atoms with Crippen LogP contribution < -0.4 is 0 Å². The molecule has 1 aromatic heterocycles. The normalized spacial score (nSPS) is 11.4. The SMILES string of the molecule is CCOCc1nc(C(C)(C)O)c(C(=O)O)n1Cc1ccc(-c2ccccc2C(=O)C(=O)O)cc1. The van der Waals surface area contributed by atoms with Crippen LogP contribution in [0.2, 0.25) is 0 Å². The molecule has 9 nitrogen and oxygen atoms in total.